The summed E-state index contributed by atoms with van der Waals surface area (Å²) in [5.74, 6) is -2.03. The van der Waals surface area contributed by atoms with E-state index >= 15 is 0 Å². The highest BCUT2D eigenvalue weighted by Crippen LogP contribution is 2.19. The third kappa shape index (κ3) is 4.23. The Morgan fingerprint density at radius 2 is 2.05 bits per heavy atom. The molecule has 0 aromatic heterocycles. The second kappa shape index (κ2) is 6.82. The van der Waals surface area contributed by atoms with Crippen molar-refractivity contribution in [2.24, 2.45) is 0 Å². The Balaban J connectivity index is 3.05. The van der Waals surface area contributed by atoms with Crippen LogP contribution >= 0.6 is 0 Å². The number of nitro benzene ring substituents is 1. The van der Waals surface area contributed by atoms with Gasteiger partial charge in [0.2, 0.25) is 0 Å². The SMILES string of the molecule is CCS(=O)(=O)C[C@H](C)N(C)C(=O)c1cc([N+](=O)[O-])ccc1F. The van der Waals surface area contributed by atoms with Gasteiger partial charge in [-0.3, -0.25) is 14.9 Å². The number of non-ortho nitro benzene ring substituents is 1. The second-order valence-electron chi connectivity index (χ2n) is 4.89. The first-order valence-electron chi connectivity index (χ1n) is 6.50. The lowest BCUT2D eigenvalue weighted by atomic mass is 10.1. The van der Waals surface area contributed by atoms with E-state index in [2.05, 4.69) is 0 Å². The third-order valence-electron chi connectivity index (χ3n) is 3.31. The maximum Gasteiger partial charge on any atom is 0.270 e. The maximum absolute atomic E-state index is 13.7. The van der Waals surface area contributed by atoms with E-state index in [9.17, 15) is 27.7 Å². The average molecular weight is 332 g/mol. The first kappa shape index (κ1) is 18.0. The summed E-state index contributed by atoms with van der Waals surface area (Å²) in [7, 11) is -1.98. The van der Waals surface area contributed by atoms with Crippen LogP contribution in [-0.2, 0) is 9.84 Å². The van der Waals surface area contributed by atoms with Crippen molar-refractivity contribution < 1.29 is 22.5 Å². The van der Waals surface area contributed by atoms with E-state index in [-0.39, 0.29) is 11.5 Å². The molecule has 1 amide bonds. The van der Waals surface area contributed by atoms with Gasteiger partial charge in [0, 0.05) is 31.0 Å². The zero-order valence-electron chi connectivity index (χ0n) is 12.4. The van der Waals surface area contributed by atoms with Gasteiger partial charge in [-0.25, -0.2) is 12.8 Å². The van der Waals surface area contributed by atoms with Crippen molar-refractivity contribution in [1.29, 1.82) is 0 Å². The molecule has 1 aromatic carbocycles. The van der Waals surface area contributed by atoms with Crippen molar-refractivity contribution in [3.05, 3.63) is 39.7 Å². The highest BCUT2D eigenvalue weighted by atomic mass is 32.2. The minimum atomic E-state index is -3.31. The van der Waals surface area contributed by atoms with Crippen molar-refractivity contribution in [3.63, 3.8) is 0 Å². The van der Waals surface area contributed by atoms with Gasteiger partial charge in [-0.2, -0.15) is 0 Å². The lowest BCUT2D eigenvalue weighted by Crippen LogP contribution is -2.40. The minimum absolute atomic E-state index is 0.0649. The van der Waals surface area contributed by atoms with Crippen LogP contribution in [0, 0.1) is 15.9 Å². The summed E-state index contributed by atoms with van der Waals surface area (Å²) < 4.78 is 36.9. The van der Waals surface area contributed by atoms with E-state index in [0.717, 1.165) is 23.1 Å². The fourth-order valence-electron chi connectivity index (χ4n) is 1.78. The number of benzene rings is 1. The number of carbonyl (C=O) groups excluding carboxylic acids is 1. The quantitative estimate of drug-likeness (QED) is 0.582. The fourth-order valence-corrected chi connectivity index (χ4v) is 2.97. The molecule has 0 aliphatic carbocycles. The number of nitro groups is 1. The summed E-state index contributed by atoms with van der Waals surface area (Å²) >= 11 is 0. The number of amides is 1. The molecule has 0 unspecified atom stereocenters. The third-order valence-corrected chi connectivity index (χ3v) is 5.18. The molecule has 0 bridgehead atoms. The second-order valence-corrected chi connectivity index (χ2v) is 7.28. The van der Waals surface area contributed by atoms with E-state index in [1.807, 2.05) is 0 Å². The van der Waals surface area contributed by atoms with Gasteiger partial charge in [0.25, 0.3) is 11.6 Å². The van der Waals surface area contributed by atoms with Gasteiger partial charge in [0.05, 0.1) is 16.2 Å². The maximum atomic E-state index is 13.7. The molecule has 0 saturated heterocycles. The number of sulfone groups is 1. The van der Waals surface area contributed by atoms with Gasteiger partial charge in [-0.15, -0.1) is 0 Å². The number of hydrogen-bond acceptors (Lipinski definition) is 5. The van der Waals surface area contributed by atoms with Crippen molar-refractivity contribution in [3.8, 4) is 0 Å². The van der Waals surface area contributed by atoms with E-state index in [4.69, 9.17) is 0 Å². The molecule has 1 rings (SSSR count). The van der Waals surface area contributed by atoms with Crippen LogP contribution in [0.15, 0.2) is 18.2 Å². The van der Waals surface area contributed by atoms with Crippen molar-refractivity contribution in [1.82, 2.24) is 4.90 Å². The molecule has 22 heavy (non-hydrogen) atoms. The highest BCUT2D eigenvalue weighted by molar-refractivity contribution is 7.91. The zero-order chi connectivity index (χ0) is 17.1. The molecule has 1 aromatic rings. The Kier molecular flexibility index (Phi) is 5.59. The van der Waals surface area contributed by atoms with Gasteiger partial charge in [-0.05, 0) is 13.0 Å². The Morgan fingerprint density at radius 1 is 1.45 bits per heavy atom. The van der Waals surface area contributed by atoms with Gasteiger partial charge in [0.15, 0.2) is 9.84 Å². The molecular weight excluding hydrogens is 315 g/mol. The topological polar surface area (TPSA) is 97.6 Å². The van der Waals surface area contributed by atoms with Crippen LogP contribution < -0.4 is 0 Å². The predicted molar refractivity (Wildman–Crippen MR) is 78.9 cm³/mol. The number of carbonyl (C=O) groups is 1. The summed E-state index contributed by atoms with van der Waals surface area (Å²) in [5, 5.41) is 10.7. The molecule has 0 N–H and O–H groups in total. The summed E-state index contributed by atoms with van der Waals surface area (Å²) in [6.07, 6.45) is 0. The fraction of sp³-hybridized carbons (Fsp3) is 0.462. The monoisotopic (exact) mass is 332 g/mol. The summed E-state index contributed by atoms with van der Waals surface area (Å²) in [5.41, 5.74) is -0.871. The standard InChI is InChI=1S/C13H17FN2O5S/c1-4-22(20,21)8-9(2)15(3)13(17)11-7-10(16(18)19)5-6-12(11)14/h5-7,9H,4,8H2,1-3H3/t9-/m0/s1. The Morgan fingerprint density at radius 3 is 2.55 bits per heavy atom. The summed E-state index contributed by atoms with van der Waals surface area (Å²) in [4.78, 5) is 23.3. The summed E-state index contributed by atoms with van der Waals surface area (Å²) in [6.45, 7) is 3.00. The minimum Gasteiger partial charge on any atom is -0.338 e. The molecule has 9 heteroatoms. The smallest absolute Gasteiger partial charge is 0.270 e. The molecule has 0 radical (unpaired) electrons. The highest BCUT2D eigenvalue weighted by Gasteiger charge is 2.25. The van der Waals surface area contributed by atoms with E-state index in [1.165, 1.54) is 20.9 Å². The van der Waals surface area contributed by atoms with Crippen LogP contribution in [-0.4, -0.2) is 48.7 Å². The molecule has 7 nitrogen and oxygen atoms in total. The number of hydrogen-bond donors (Lipinski definition) is 0. The van der Waals surface area contributed by atoms with Crippen molar-refractivity contribution in [2.45, 2.75) is 19.9 Å². The molecule has 0 saturated carbocycles. The molecule has 0 aliphatic rings. The van der Waals surface area contributed by atoms with Gasteiger partial charge >= 0.3 is 0 Å². The molecule has 0 aliphatic heterocycles. The first-order valence-corrected chi connectivity index (χ1v) is 8.32. The first-order chi connectivity index (χ1) is 10.1. The molecule has 1 atom stereocenters. The van der Waals surface area contributed by atoms with Crippen LogP contribution in [0.2, 0.25) is 0 Å². The van der Waals surface area contributed by atoms with Crippen molar-refractivity contribution in [2.75, 3.05) is 18.6 Å². The lowest BCUT2D eigenvalue weighted by Gasteiger charge is -2.24. The van der Waals surface area contributed by atoms with Crippen LogP contribution in [0.5, 0.6) is 0 Å². The van der Waals surface area contributed by atoms with E-state index in [0.29, 0.717) is 0 Å². The molecule has 0 heterocycles. The lowest BCUT2D eigenvalue weighted by molar-refractivity contribution is -0.384. The normalized spacial score (nSPS) is 12.7. The Bertz CT molecular complexity index is 690. The summed E-state index contributed by atoms with van der Waals surface area (Å²) in [6, 6.07) is 1.95. The molecule has 0 spiro atoms. The van der Waals surface area contributed by atoms with Crippen LogP contribution in [0.1, 0.15) is 24.2 Å². The largest absolute Gasteiger partial charge is 0.338 e. The molecule has 0 fully saturated rings. The molecule has 122 valence electrons. The number of nitrogens with zero attached hydrogens (tertiary/aromatic N) is 2. The van der Waals surface area contributed by atoms with Crippen LogP contribution in [0.25, 0.3) is 0 Å². The van der Waals surface area contributed by atoms with E-state index < -0.39 is 43.8 Å². The van der Waals surface area contributed by atoms with E-state index in [1.54, 1.807) is 0 Å². The van der Waals surface area contributed by atoms with Crippen molar-refractivity contribution >= 4 is 21.4 Å². The number of rotatable bonds is 6. The van der Waals surface area contributed by atoms with Gasteiger partial charge in [0.1, 0.15) is 5.82 Å². The molecular formula is C13H17FN2O5S. The Labute approximate surface area is 127 Å². The Hall–Kier alpha value is -2.03. The van der Waals surface area contributed by atoms with Gasteiger partial charge < -0.3 is 4.90 Å². The number of halogens is 1. The predicted octanol–water partition coefficient (Wildman–Crippen LogP) is 1.63. The zero-order valence-corrected chi connectivity index (χ0v) is 13.3. The van der Waals surface area contributed by atoms with Crippen LogP contribution in [0.3, 0.4) is 0 Å². The van der Waals surface area contributed by atoms with Crippen LogP contribution in [0.4, 0.5) is 10.1 Å². The van der Waals surface area contributed by atoms with Gasteiger partial charge in [-0.1, -0.05) is 6.92 Å². The average Bonchev–Trinajstić information content (AvgIpc) is 2.45.